The van der Waals surface area contributed by atoms with Crippen LogP contribution in [0.4, 0.5) is 0 Å². The van der Waals surface area contributed by atoms with Crippen LogP contribution in [0.25, 0.3) is 0 Å². The minimum absolute atomic E-state index is 0.0142. The highest BCUT2D eigenvalue weighted by Crippen LogP contribution is 2.65. The molecule has 1 N–H and O–H groups in total. The van der Waals surface area contributed by atoms with Crippen molar-refractivity contribution in [1.82, 2.24) is 0 Å². The summed E-state index contributed by atoms with van der Waals surface area (Å²) in [7, 11) is 0. The van der Waals surface area contributed by atoms with Crippen molar-refractivity contribution in [2.45, 2.75) is 64.9 Å². The second-order valence-electron chi connectivity index (χ2n) is 8.64. The Morgan fingerprint density at radius 3 is 2.55 bits per heavy atom. The molecule has 0 spiro atoms. The van der Waals surface area contributed by atoms with Gasteiger partial charge in [0.15, 0.2) is 0 Å². The molecule has 3 aliphatic carbocycles. The van der Waals surface area contributed by atoms with E-state index in [9.17, 15) is 5.11 Å². The van der Waals surface area contributed by atoms with E-state index >= 15 is 0 Å². The molecule has 4 fully saturated rings. The van der Waals surface area contributed by atoms with Gasteiger partial charge in [-0.05, 0) is 91.0 Å². The van der Waals surface area contributed by atoms with Gasteiger partial charge in [0.05, 0.1) is 6.10 Å². The Morgan fingerprint density at radius 1 is 0.900 bits per heavy atom. The fraction of sp³-hybridized carbons (Fsp3) is 1.00. The predicted octanol–water partition coefficient (Wildman–Crippen LogP) is 4.34. The molecule has 7 atom stereocenters. The molecule has 4 aliphatic rings. The molecule has 1 heterocycles. The summed E-state index contributed by atoms with van der Waals surface area (Å²) in [4.78, 5) is 0. The van der Waals surface area contributed by atoms with Crippen LogP contribution >= 0.6 is 11.8 Å². The number of fused-ring (bicyclic) bond motifs is 5. The van der Waals surface area contributed by atoms with Gasteiger partial charge in [0, 0.05) is 0 Å². The lowest BCUT2D eigenvalue weighted by Crippen LogP contribution is -2.54. The topological polar surface area (TPSA) is 20.2 Å². The molecule has 0 amide bonds. The Bertz CT molecular complexity index is 397. The Labute approximate surface area is 128 Å². The normalized spacial score (nSPS) is 58.6. The molecule has 3 saturated carbocycles. The quantitative estimate of drug-likeness (QED) is 0.717. The van der Waals surface area contributed by atoms with E-state index in [-0.39, 0.29) is 11.5 Å². The molecule has 0 aromatic rings. The van der Waals surface area contributed by atoms with Gasteiger partial charge in [-0.25, -0.2) is 0 Å². The van der Waals surface area contributed by atoms with Gasteiger partial charge in [-0.2, -0.15) is 11.8 Å². The van der Waals surface area contributed by atoms with Crippen molar-refractivity contribution in [3.05, 3.63) is 0 Å². The van der Waals surface area contributed by atoms with Gasteiger partial charge in [-0.15, -0.1) is 0 Å². The SMILES string of the molecule is C[C@]12CCC3C(CC[C@H]4CCSC[C@]34C)C1CC[C@@H]2O. The van der Waals surface area contributed by atoms with E-state index in [1.807, 2.05) is 0 Å². The van der Waals surface area contributed by atoms with Gasteiger partial charge in [0.25, 0.3) is 0 Å². The highest BCUT2D eigenvalue weighted by molar-refractivity contribution is 7.99. The third-order valence-electron chi connectivity index (χ3n) is 8.04. The van der Waals surface area contributed by atoms with Crippen molar-refractivity contribution in [2.75, 3.05) is 11.5 Å². The lowest BCUT2D eigenvalue weighted by molar-refractivity contribution is -0.101. The van der Waals surface area contributed by atoms with E-state index in [1.54, 1.807) is 0 Å². The zero-order valence-corrected chi connectivity index (χ0v) is 13.9. The van der Waals surface area contributed by atoms with Crippen molar-refractivity contribution < 1.29 is 5.11 Å². The zero-order valence-electron chi connectivity index (χ0n) is 13.1. The Balaban J connectivity index is 1.64. The standard InChI is InChI=1S/C18H30OS/c1-17-9-7-15-13(14(17)5-6-16(17)19)4-3-12-8-10-20-11-18(12,15)2/h12-16,19H,3-11H2,1-2H3/t12-,13?,14?,15?,16-,17-,18-/m0/s1. The summed E-state index contributed by atoms with van der Waals surface area (Å²) in [5.74, 6) is 6.51. The molecular formula is C18H30OS. The summed E-state index contributed by atoms with van der Waals surface area (Å²) in [6, 6.07) is 0. The van der Waals surface area contributed by atoms with Crippen molar-refractivity contribution in [3.63, 3.8) is 0 Å². The smallest absolute Gasteiger partial charge is 0.0596 e. The monoisotopic (exact) mass is 294 g/mol. The first kappa shape index (κ1) is 13.9. The summed E-state index contributed by atoms with van der Waals surface area (Å²) in [5, 5.41) is 10.5. The molecule has 0 aromatic heterocycles. The van der Waals surface area contributed by atoms with Gasteiger partial charge in [0.2, 0.25) is 0 Å². The summed E-state index contributed by atoms with van der Waals surface area (Å²) >= 11 is 2.21. The molecule has 2 heteroatoms. The van der Waals surface area contributed by atoms with Gasteiger partial charge >= 0.3 is 0 Å². The van der Waals surface area contributed by atoms with Crippen molar-refractivity contribution >= 4 is 11.8 Å². The number of hydrogen-bond donors (Lipinski definition) is 1. The van der Waals surface area contributed by atoms with Crippen LogP contribution < -0.4 is 0 Å². The Morgan fingerprint density at radius 2 is 1.70 bits per heavy atom. The average molecular weight is 295 g/mol. The van der Waals surface area contributed by atoms with Gasteiger partial charge in [-0.1, -0.05) is 13.8 Å². The van der Waals surface area contributed by atoms with Crippen molar-refractivity contribution in [3.8, 4) is 0 Å². The molecule has 1 nitrogen and oxygen atoms in total. The summed E-state index contributed by atoms with van der Waals surface area (Å²) in [6.07, 6.45) is 9.43. The number of thioether (sulfide) groups is 1. The van der Waals surface area contributed by atoms with E-state index in [0.717, 1.165) is 30.1 Å². The summed E-state index contributed by atoms with van der Waals surface area (Å²) in [5.41, 5.74) is 0.868. The summed E-state index contributed by atoms with van der Waals surface area (Å²) < 4.78 is 0. The predicted molar refractivity (Wildman–Crippen MR) is 85.8 cm³/mol. The zero-order chi connectivity index (χ0) is 14.0. The maximum absolute atomic E-state index is 10.5. The van der Waals surface area contributed by atoms with E-state index in [4.69, 9.17) is 0 Å². The molecule has 4 rings (SSSR count). The average Bonchev–Trinajstić information content (AvgIpc) is 2.74. The van der Waals surface area contributed by atoms with Crippen LogP contribution in [-0.4, -0.2) is 22.7 Å². The maximum Gasteiger partial charge on any atom is 0.0596 e. The Hall–Kier alpha value is 0.310. The van der Waals surface area contributed by atoms with Crippen LogP contribution in [0.15, 0.2) is 0 Å². The first-order valence-electron chi connectivity index (χ1n) is 8.81. The fourth-order valence-electron chi connectivity index (χ4n) is 6.72. The highest BCUT2D eigenvalue weighted by atomic mass is 32.2. The molecule has 1 saturated heterocycles. The summed E-state index contributed by atoms with van der Waals surface area (Å²) in [6.45, 7) is 5.02. The molecule has 0 aromatic carbocycles. The molecule has 3 unspecified atom stereocenters. The van der Waals surface area contributed by atoms with Gasteiger partial charge in [0.1, 0.15) is 0 Å². The fourth-order valence-corrected chi connectivity index (χ4v) is 8.21. The number of aliphatic hydroxyl groups is 1. The highest BCUT2D eigenvalue weighted by Gasteiger charge is 2.59. The molecule has 20 heavy (non-hydrogen) atoms. The minimum Gasteiger partial charge on any atom is -0.393 e. The first-order chi connectivity index (χ1) is 9.56. The first-order valence-corrected chi connectivity index (χ1v) is 9.97. The second kappa shape index (κ2) is 4.65. The lowest BCUT2D eigenvalue weighted by Gasteiger charge is -2.60. The molecular weight excluding hydrogens is 264 g/mol. The van der Waals surface area contributed by atoms with Gasteiger partial charge in [-0.3, -0.25) is 0 Å². The lowest BCUT2D eigenvalue weighted by atomic mass is 9.47. The van der Waals surface area contributed by atoms with Crippen LogP contribution in [0.3, 0.4) is 0 Å². The third kappa shape index (κ3) is 1.73. The van der Waals surface area contributed by atoms with E-state index in [2.05, 4.69) is 25.6 Å². The van der Waals surface area contributed by atoms with Crippen LogP contribution in [0.5, 0.6) is 0 Å². The number of aliphatic hydroxyl groups excluding tert-OH is 1. The van der Waals surface area contributed by atoms with Crippen LogP contribution in [0.2, 0.25) is 0 Å². The minimum atomic E-state index is -0.0142. The third-order valence-corrected chi connectivity index (χ3v) is 9.39. The molecule has 1 aliphatic heterocycles. The van der Waals surface area contributed by atoms with E-state index in [1.165, 1.54) is 50.0 Å². The number of hydrogen-bond acceptors (Lipinski definition) is 2. The van der Waals surface area contributed by atoms with E-state index in [0.29, 0.717) is 5.41 Å². The van der Waals surface area contributed by atoms with Crippen LogP contribution in [0.1, 0.15) is 58.8 Å². The maximum atomic E-state index is 10.5. The molecule has 0 radical (unpaired) electrons. The molecule has 0 bridgehead atoms. The Kier molecular flexibility index (Phi) is 3.24. The van der Waals surface area contributed by atoms with Crippen LogP contribution in [0, 0.1) is 34.5 Å². The van der Waals surface area contributed by atoms with Crippen molar-refractivity contribution in [2.24, 2.45) is 34.5 Å². The molecule has 114 valence electrons. The van der Waals surface area contributed by atoms with Crippen molar-refractivity contribution in [1.29, 1.82) is 0 Å². The van der Waals surface area contributed by atoms with E-state index < -0.39 is 0 Å². The second-order valence-corrected chi connectivity index (χ2v) is 9.74. The number of rotatable bonds is 0. The van der Waals surface area contributed by atoms with Crippen LogP contribution in [-0.2, 0) is 0 Å². The van der Waals surface area contributed by atoms with Gasteiger partial charge < -0.3 is 5.11 Å². The largest absolute Gasteiger partial charge is 0.393 e.